The fourth-order valence-corrected chi connectivity index (χ4v) is 3.23. The molecule has 2 N–H and O–H groups in total. The highest BCUT2D eigenvalue weighted by molar-refractivity contribution is 5.16. The molecular formula is C17H27FN2O. The van der Waals surface area contributed by atoms with Gasteiger partial charge in [-0.15, -0.1) is 0 Å². The van der Waals surface area contributed by atoms with Crippen molar-refractivity contribution in [1.29, 1.82) is 0 Å². The van der Waals surface area contributed by atoms with Crippen molar-refractivity contribution in [3.63, 3.8) is 0 Å². The molecule has 1 saturated heterocycles. The molecule has 2 rings (SSSR count). The van der Waals surface area contributed by atoms with Crippen molar-refractivity contribution >= 4 is 0 Å². The molecule has 1 aliphatic rings. The van der Waals surface area contributed by atoms with Crippen molar-refractivity contribution in [3.8, 4) is 0 Å². The van der Waals surface area contributed by atoms with Crippen LogP contribution in [0.1, 0.15) is 38.2 Å². The molecule has 1 aromatic carbocycles. The van der Waals surface area contributed by atoms with Gasteiger partial charge in [-0.05, 0) is 44.0 Å². The van der Waals surface area contributed by atoms with Crippen LogP contribution in [0.4, 0.5) is 4.39 Å². The number of rotatable bonds is 6. The van der Waals surface area contributed by atoms with Gasteiger partial charge < -0.3 is 10.5 Å². The van der Waals surface area contributed by atoms with E-state index in [0.29, 0.717) is 12.6 Å². The van der Waals surface area contributed by atoms with E-state index in [2.05, 4.69) is 18.9 Å². The highest BCUT2D eigenvalue weighted by Gasteiger charge is 2.38. The van der Waals surface area contributed by atoms with Crippen LogP contribution in [-0.2, 0) is 11.3 Å². The molecule has 1 aromatic rings. The number of hydrogen-bond donors (Lipinski definition) is 1. The normalized spacial score (nSPS) is 26.2. The van der Waals surface area contributed by atoms with E-state index in [1.54, 1.807) is 0 Å². The minimum atomic E-state index is -0.191. The molecule has 3 nitrogen and oxygen atoms in total. The molecule has 0 aromatic heterocycles. The summed E-state index contributed by atoms with van der Waals surface area (Å²) in [4.78, 5) is 2.32. The fraction of sp³-hybridized carbons (Fsp3) is 0.647. The van der Waals surface area contributed by atoms with Crippen LogP contribution in [0, 0.1) is 5.82 Å². The predicted octanol–water partition coefficient (Wildman–Crippen LogP) is 2.93. The van der Waals surface area contributed by atoms with E-state index in [9.17, 15) is 4.39 Å². The van der Waals surface area contributed by atoms with Gasteiger partial charge in [-0.2, -0.15) is 0 Å². The second-order valence-corrected chi connectivity index (χ2v) is 6.15. The van der Waals surface area contributed by atoms with Crippen molar-refractivity contribution < 1.29 is 9.13 Å². The maximum atomic E-state index is 13.0. The average molecular weight is 294 g/mol. The summed E-state index contributed by atoms with van der Waals surface area (Å²) in [6.45, 7) is 4.38. The van der Waals surface area contributed by atoms with Gasteiger partial charge in [0.1, 0.15) is 5.82 Å². The van der Waals surface area contributed by atoms with E-state index in [1.807, 2.05) is 12.1 Å². The van der Waals surface area contributed by atoms with Crippen molar-refractivity contribution in [2.45, 2.75) is 50.8 Å². The molecule has 0 bridgehead atoms. The monoisotopic (exact) mass is 294 g/mol. The second-order valence-electron chi connectivity index (χ2n) is 6.15. The number of hydrogen-bond acceptors (Lipinski definition) is 3. The van der Waals surface area contributed by atoms with Gasteiger partial charge in [-0.3, -0.25) is 4.90 Å². The lowest BCUT2D eigenvalue weighted by Crippen LogP contribution is -2.56. The van der Waals surface area contributed by atoms with Gasteiger partial charge in [0, 0.05) is 25.2 Å². The lowest BCUT2D eigenvalue weighted by atomic mass is 9.83. The molecule has 2 atom stereocenters. The molecule has 0 aliphatic carbocycles. The van der Waals surface area contributed by atoms with Gasteiger partial charge in [0.2, 0.25) is 0 Å². The first-order valence-corrected chi connectivity index (χ1v) is 7.87. The minimum Gasteiger partial charge on any atom is -0.378 e. The number of nitrogens with two attached hydrogens (primary N) is 1. The Bertz CT molecular complexity index is 435. The van der Waals surface area contributed by atoms with E-state index in [-0.39, 0.29) is 11.4 Å². The molecule has 21 heavy (non-hydrogen) atoms. The Labute approximate surface area is 127 Å². The smallest absolute Gasteiger partial charge is 0.123 e. The average Bonchev–Trinajstić information content (AvgIpc) is 2.50. The maximum absolute atomic E-state index is 13.0. The molecule has 1 heterocycles. The molecule has 0 radical (unpaired) electrons. The number of benzene rings is 1. The van der Waals surface area contributed by atoms with Gasteiger partial charge in [0.15, 0.2) is 0 Å². The third-order valence-electron chi connectivity index (χ3n) is 4.66. The lowest BCUT2D eigenvalue weighted by Gasteiger charge is -2.46. The van der Waals surface area contributed by atoms with Gasteiger partial charge in [-0.1, -0.05) is 25.5 Å². The first-order valence-electron chi connectivity index (χ1n) is 7.87. The molecule has 0 spiro atoms. The second kappa shape index (κ2) is 7.34. The Morgan fingerprint density at radius 3 is 2.71 bits per heavy atom. The first-order chi connectivity index (χ1) is 10.1. The van der Waals surface area contributed by atoms with E-state index in [0.717, 1.165) is 44.4 Å². The van der Waals surface area contributed by atoms with Crippen molar-refractivity contribution in [1.82, 2.24) is 4.90 Å². The lowest BCUT2D eigenvalue weighted by molar-refractivity contribution is -0.0691. The largest absolute Gasteiger partial charge is 0.378 e. The Hall–Kier alpha value is -0.970. The Balaban J connectivity index is 2.06. The summed E-state index contributed by atoms with van der Waals surface area (Å²) in [5.41, 5.74) is 7.23. The molecule has 4 heteroatoms. The SMILES string of the molecule is CCCC1CC(CN)(N(C)Cc2ccc(F)cc2)CCO1. The zero-order valence-electron chi connectivity index (χ0n) is 13.1. The molecule has 0 amide bonds. The third-order valence-corrected chi connectivity index (χ3v) is 4.66. The van der Waals surface area contributed by atoms with Crippen molar-refractivity contribution in [3.05, 3.63) is 35.6 Å². The molecule has 1 fully saturated rings. The van der Waals surface area contributed by atoms with Crippen LogP contribution >= 0.6 is 0 Å². The number of halogens is 1. The topological polar surface area (TPSA) is 38.5 Å². The Kier molecular flexibility index (Phi) is 5.73. The zero-order valence-corrected chi connectivity index (χ0v) is 13.1. The van der Waals surface area contributed by atoms with Crippen LogP contribution in [0.5, 0.6) is 0 Å². The number of nitrogens with zero attached hydrogens (tertiary/aromatic N) is 1. The molecule has 118 valence electrons. The Morgan fingerprint density at radius 1 is 1.38 bits per heavy atom. The van der Waals surface area contributed by atoms with Crippen LogP contribution in [0.3, 0.4) is 0 Å². The maximum Gasteiger partial charge on any atom is 0.123 e. The number of likely N-dealkylation sites (N-methyl/N-ethyl adjacent to an activating group) is 1. The predicted molar refractivity (Wildman–Crippen MR) is 83.5 cm³/mol. The van der Waals surface area contributed by atoms with Gasteiger partial charge in [0.25, 0.3) is 0 Å². The fourth-order valence-electron chi connectivity index (χ4n) is 3.23. The van der Waals surface area contributed by atoms with E-state index in [4.69, 9.17) is 10.5 Å². The van der Waals surface area contributed by atoms with Gasteiger partial charge in [0.05, 0.1) is 6.10 Å². The zero-order chi connectivity index (χ0) is 15.3. The van der Waals surface area contributed by atoms with E-state index < -0.39 is 0 Å². The number of ether oxygens (including phenoxy) is 1. The molecule has 2 unspecified atom stereocenters. The van der Waals surface area contributed by atoms with E-state index in [1.165, 1.54) is 12.1 Å². The van der Waals surface area contributed by atoms with Crippen LogP contribution in [0.2, 0.25) is 0 Å². The molecule has 0 saturated carbocycles. The summed E-state index contributed by atoms with van der Waals surface area (Å²) < 4.78 is 18.9. The van der Waals surface area contributed by atoms with Gasteiger partial charge >= 0.3 is 0 Å². The summed E-state index contributed by atoms with van der Waals surface area (Å²) in [5, 5.41) is 0. The quantitative estimate of drug-likeness (QED) is 0.876. The third kappa shape index (κ3) is 4.02. The molecular weight excluding hydrogens is 267 g/mol. The summed E-state index contributed by atoms with van der Waals surface area (Å²) >= 11 is 0. The highest BCUT2D eigenvalue weighted by Crippen LogP contribution is 2.32. The standard InChI is InChI=1S/C17H27FN2O/c1-3-4-16-11-17(13-19,9-10-21-16)20(2)12-14-5-7-15(18)8-6-14/h5-8,16H,3-4,9-13,19H2,1-2H3. The summed E-state index contributed by atoms with van der Waals surface area (Å²) in [7, 11) is 2.12. The minimum absolute atomic E-state index is 0.00747. The Morgan fingerprint density at radius 2 is 2.10 bits per heavy atom. The van der Waals surface area contributed by atoms with Crippen molar-refractivity contribution in [2.75, 3.05) is 20.2 Å². The van der Waals surface area contributed by atoms with Crippen LogP contribution in [0.25, 0.3) is 0 Å². The highest BCUT2D eigenvalue weighted by atomic mass is 19.1. The van der Waals surface area contributed by atoms with Crippen LogP contribution in [0.15, 0.2) is 24.3 Å². The van der Waals surface area contributed by atoms with E-state index >= 15 is 0 Å². The summed E-state index contributed by atoms with van der Waals surface area (Å²) in [6.07, 6.45) is 4.47. The van der Waals surface area contributed by atoms with Gasteiger partial charge in [-0.25, -0.2) is 4.39 Å². The van der Waals surface area contributed by atoms with Crippen LogP contribution < -0.4 is 5.73 Å². The van der Waals surface area contributed by atoms with Crippen molar-refractivity contribution in [2.24, 2.45) is 5.73 Å². The summed E-state index contributed by atoms with van der Waals surface area (Å²) in [5.74, 6) is -0.191. The first kappa shape index (κ1) is 16.4. The summed E-state index contributed by atoms with van der Waals surface area (Å²) in [6, 6.07) is 6.72. The molecule has 1 aliphatic heterocycles. The van der Waals surface area contributed by atoms with Crippen LogP contribution in [-0.4, -0.2) is 36.7 Å².